The van der Waals surface area contributed by atoms with Crippen LogP contribution in [0.25, 0.3) is 0 Å². The molecule has 0 heterocycles. The number of rotatable bonds is 7. The van der Waals surface area contributed by atoms with Gasteiger partial charge in [0.05, 0.1) is 5.92 Å². The Morgan fingerprint density at radius 2 is 1.73 bits per heavy atom. The first-order valence-electron chi connectivity index (χ1n) is 7.85. The number of benzene rings is 1. The lowest BCUT2D eigenvalue weighted by molar-refractivity contribution is -0.151. The zero-order valence-corrected chi connectivity index (χ0v) is 14.2. The van der Waals surface area contributed by atoms with Gasteiger partial charge in [-0.05, 0) is 24.5 Å². The summed E-state index contributed by atoms with van der Waals surface area (Å²) in [6.07, 6.45) is 0.707. The van der Waals surface area contributed by atoms with Crippen LogP contribution in [0.1, 0.15) is 41.0 Å². The molecule has 0 fully saturated rings. The van der Waals surface area contributed by atoms with Crippen molar-refractivity contribution in [1.82, 2.24) is 0 Å². The first-order valence-corrected chi connectivity index (χ1v) is 7.85. The number of carboxylic acids is 1. The summed E-state index contributed by atoms with van der Waals surface area (Å²) in [6, 6.07) is 9.39. The Morgan fingerprint density at radius 1 is 1.18 bits per heavy atom. The molecular weight excluding hydrogens is 278 g/mol. The molecule has 22 heavy (non-hydrogen) atoms. The number of aliphatic carboxylic acids is 1. The molecule has 122 valence electrons. The highest BCUT2D eigenvalue weighted by atomic mass is 16.4. The highest BCUT2D eigenvalue weighted by Gasteiger charge is 2.42. The van der Waals surface area contributed by atoms with Gasteiger partial charge in [0.2, 0.25) is 5.91 Å². The van der Waals surface area contributed by atoms with E-state index in [1.54, 1.807) is 11.8 Å². The van der Waals surface area contributed by atoms with Crippen LogP contribution in [0.4, 0.5) is 5.69 Å². The lowest BCUT2D eigenvalue weighted by Gasteiger charge is -2.36. The summed E-state index contributed by atoms with van der Waals surface area (Å²) in [7, 11) is 0. The van der Waals surface area contributed by atoms with Crippen molar-refractivity contribution >= 4 is 17.6 Å². The lowest BCUT2D eigenvalue weighted by atomic mass is 9.70. The number of carbonyl (C=O) groups is 2. The van der Waals surface area contributed by atoms with Crippen molar-refractivity contribution in [1.29, 1.82) is 0 Å². The number of hydrogen-bond acceptors (Lipinski definition) is 2. The molecule has 0 aliphatic heterocycles. The number of anilines is 1. The molecule has 0 aliphatic rings. The average Bonchev–Trinajstić information content (AvgIpc) is 2.48. The molecule has 2 atom stereocenters. The van der Waals surface area contributed by atoms with E-state index >= 15 is 0 Å². The second-order valence-electron chi connectivity index (χ2n) is 6.36. The van der Waals surface area contributed by atoms with Crippen molar-refractivity contribution in [2.45, 2.75) is 41.0 Å². The van der Waals surface area contributed by atoms with Gasteiger partial charge in [0.1, 0.15) is 0 Å². The first kappa shape index (κ1) is 18.2. The normalized spacial score (nSPS) is 14.2. The molecule has 0 aliphatic carbocycles. The summed E-state index contributed by atoms with van der Waals surface area (Å²) in [5.41, 5.74) is 0.372. The van der Waals surface area contributed by atoms with Gasteiger partial charge in [-0.25, -0.2) is 0 Å². The Kier molecular flexibility index (Phi) is 6.15. The van der Waals surface area contributed by atoms with E-state index in [-0.39, 0.29) is 5.91 Å². The summed E-state index contributed by atoms with van der Waals surface area (Å²) in [5, 5.41) is 9.61. The van der Waals surface area contributed by atoms with Crippen LogP contribution in [0.3, 0.4) is 0 Å². The van der Waals surface area contributed by atoms with Gasteiger partial charge >= 0.3 is 5.97 Å². The minimum absolute atomic E-state index is 0.136. The Hall–Kier alpha value is -1.84. The van der Waals surface area contributed by atoms with Gasteiger partial charge in [0.25, 0.3) is 0 Å². The second-order valence-corrected chi connectivity index (χ2v) is 6.36. The fourth-order valence-electron chi connectivity index (χ4n) is 2.91. The number of nitrogens with zero attached hydrogens (tertiary/aromatic N) is 1. The molecule has 0 radical (unpaired) electrons. The molecule has 4 heteroatoms. The van der Waals surface area contributed by atoms with Crippen molar-refractivity contribution in [3.63, 3.8) is 0 Å². The number of amides is 1. The maximum atomic E-state index is 12.8. The molecule has 0 aromatic heterocycles. The molecule has 0 saturated heterocycles. The molecule has 1 aromatic carbocycles. The second kappa shape index (κ2) is 7.43. The Bertz CT molecular complexity index is 510. The molecule has 0 spiro atoms. The summed E-state index contributed by atoms with van der Waals surface area (Å²) >= 11 is 0. The number of carboxylic acid groups (broad SMARTS) is 1. The SMILES string of the molecule is CCN(C(=O)C(C)C(C(=O)O)C(C)(C)CC)c1ccccc1. The van der Waals surface area contributed by atoms with E-state index in [0.29, 0.717) is 13.0 Å². The molecule has 1 rings (SSSR count). The quantitative estimate of drug-likeness (QED) is 0.833. The summed E-state index contributed by atoms with van der Waals surface area (Å²) in [5.74, 6) is -2.32. The van der Waals surface area contributed by atoms with Crippen LogP contribution in [0.15, 0.2) is 30.3 Å². The van der Waals surface area contributed by atoms with E-state index in [1.807, 2.05) is 58.0 Å². The van der Waals surface area contributed by atoms with Gasteiger partial charge < -0.3 is 10.0 Å². The van der Waals surface area contributed by atoms with Gasteiger partial charge in [-0.15, -0.1) is 0 Å². The third kappa shape index (κ3) is 3.87. The van der Waals surface area contributed by atoms with Crippen LogP contribution in [-0.4, -0.2) is 23.5 Å². The van der Waals surface area contributed by atoms with Gasteiger partial charge in [0, 0.05) is 18.2 Å². The highest BCUT2D eigenvalue weighted by Crippen LogP contribution is 2.37. The van der Waals surface area contributed by atoms with E-state index < -0.39 is 23.2 Å². The standard InChI is InChI=1S/C18H27NO3/c1-6-18(4,5)15(17(21)22)13(3)16(20)19(7-2)14-11-9-8-10-12-14/h8-13,15H,6-7H2,1-5H3,(H,21,22). The third-order valence-corrected chi connectivity index (χ3v) is 4.56. The summed E-state index contributed by atoms with van der Waals surface area (Å²) < 4.78 is 0. The topological polar surface area (TPSA) is 57.6 Å². The minimum atomic E-state index is -0.906. The van der Waals surface area contributed by atoms with Crippen LogP contribution < -0.4 is 4.90 Å². The number of carbonyl (C=O) groups excluding carboxylic acids is 1. The zero-order valence-electron chi connectivity index (χ0n) is 14.2. The highest BCUT2D eigenvalue weighted by molar-refractivity contribution is 5.97. The van der Waals surface area contributed by atoms with E-state index in [0.717, 1.165) is 5.69 Å². The van der Waals surface area contributed by atoms with Gasteiger partial charge in [-0.3, -0.25) is 9.59 Å². The zero-order chi connectivity index (χ0) is 16.9. The minimum Gasteiger partial charge on any atom is -0.481 e. The van der Waals surface area contributed by atoms with Crippen LogP contribution >= 0.6 is 0 Å². The fraction of sp³-hybridized carbons (Fsp3) is 0.556. The predicted molar refractivity (Wildman–Crippen MR) is 88.8 cm³/mol. The number of hydrogen-bond donors (Lipinski definition) is 1. The molecule has 0 bridgehead atoms. The molecular formula is C18H27NO3. The van der Waals surface area contributed by atoms with Crippen LogP contribution in [0, 0.1) is 17.3 Å². The average molecular weight is 305 g/mol. The van der Waals surface area contributed by atoms with E-state index in [1.165, 1.54) is 0 Å². The molecule has 2 unspecified atom stereocenters. The van der Waals surface area contributed by atoms with Gasteiger partial charge in [-0.2, -0.15) is 0 Å². The predicted octanol–water partition coefficient (Wildman–Crippen LogP) is 3.81. The van der Waals surface area contributed by atoms with Crippen molar-refractivity contribution in [2.75, 3.05) is 11.4 Å². The van der Waals surface area contributed by atoms with Gasteiger partial charge in [0.15, 0.2) is 0 Å². The smallest absolute Gasteiger partial charge is 0.307 e. The Balaban J connectivity index is 3.10. The maximum Gasteiger partial charge on any atom is 0.307 e. The van der Waals surface area contributed by atoms with Crippen molar-refractivity contribution in [3.8, 4) is 0 Å². The summed E-state index contributed by atoms with van der Waals surface area (Å²) in [4.78, 5) is 26.2. The molecule has 1 N–H and O–H groups in total. The summed E-state index contributed by atoms with van der Waals surface area (Å²) in [6.45, 7) is 9.93. The van der Waals surface area contributed by atoms with Crippen molar-refractivity contribution in [3.05, 3.63) is 30.3 Å². The van der Waals surface area contributed by atoms with E-state index in [4.69, 9.17) is 0 Å². The molecule has 1 aromatic rings. The van der Waals surface area contributed by atoms with Crippen molar-refractivity contribution in [2.24, 2.45) is 17.3 Å². The fourth-order valence-corrected chi connectivity index (χ4v) is 2.91. The third-order valence-electron chi connectivity index (χ3n) is 4.56. The molecule has 0 saturated carbocycles. The lowest BCUT2D eigenvalue weighted by Crippen LogP contribution is -2.45. The maximum absolute atomic E-state index is 12.8. The largest absolute Gasteiger partial charge is 0.481 e. The van der Waals surface area contributed by atoms with Crippen LogP contribution in [0.2, 0.25) is 0 Å². The van der Waals surface area contributed by atoms with Crippen molar-refractivity contribution < 1.29 is 14.7 Å². The molecule has 4 nitrogen and oxygen atoms in total. The van der Waals surface area contributed by atoms with Gasteiger partial charge in [-0.1, -0.05) is 52.3 Å². The number of para-hydroxylation sites is 1. The monoisotopic (exact) mass is 305 g/mol. The van der Waals surface area contributed by atoms with E-state index in [2.05, 4.69) is 0 Å². The molecule has 1 amide bonds. The Labute approximate surface area is 133 Å². The van der Waals surface area contributed by atoms with Crippen LogP contribution in [-0.2, 0) is 9.59 Å². The van der Waals surface area contributed by atoms with E-state index in [9.17, 15) is 14.7 Å². The Morgan fingerprint density at radius 3 is 2.14 bits per heavy atom. The first-order chi connectivity index (χ1) is 10.3. The van der Waals surface area contributed by atoms with Crippen LogP contribution in [0.5, 0.6) is 0 Å².